The van der Waals surface area contributed by atoms with Gasteiger partial charge in [0.05, 0.1) is 11.9 Å². The van der Waals surface area contributed by atoms with Crippen LogP contribution in [-0.2, 0) is 17.9 Å². The molecule has 31 heavy (non-hydrogen) atoms. The van der Waals surface area contributed by atoms with E-state index in [0.29, 0.717) is 19.6 Å². The van der Waals surface area contributed by atoms with Gasteiger partial charge in [-0.25, -0.2) is 9.50 Å². The first-order valence-corrected chi connectivity index (χ1v) is 10.6. The summed E-state index contributed by atoms with van der Waals surface area (Å²) < 4.78 is 1.84. The molecule has 0 aliphatic rings. The second-order valence-corrected chi connectivity index (χ2v) is 7.65. The van der Waals surface area contributed by atoms with Gasteiger partial charge in [0.1, 0.15) is 0 Å². The SMILES string of the molecule is CCN(C(C)=O)c1cccc(-c2ccnc3c(CNCc4ccccc4Cl)cnn23)c1. The monoisotopic (exact) mass is 433 g/mol. The number of aromatic nitrogens is 3. The molecule has 7 heteroatoms. The first-order chi connectivity index (χ1) is 15.1. The number of carbonyl (C=O) groups is 1. The van der Waals surface area contributed by atoms with E-state index in [1.807, 2.05) is 72.2 Å². The van der Waals surface area contributed by atoms with Gasteiger partial charge < -0.3 is 10.2 Å². The second-order valence-electron chi connectivity index (χ2n) is 7.24. The Morgan fingerprint density at radius 3 is 2.68 bits per heavy atom. The average Bonchev–Trinajstić information content (AvgIpc) is 3.19. The van der Waals surface area contributed by atoms with E-state index in [1.165, 1.54) is 0 Å². The van der Waals surface area contributed by atoms with Crippen LogP contribution in [0.1, 0.15) is 25.0 Å². The van der Waals surface area contributed by atoms with Crippen molar-refractivity contribution in [3.05, 3.63) is 83.1 Å². The fraction of sp³-hybridized carbons (Fsp3) is 0.208. The number of fused-ring (bicyclic) bond motifs is 1. The minimum atomic E-state index is 0.0190. The second kappa shape index (κ2) is 9.29. The number of amides is 1. The van der Waals surface area contributed by atoms with Gasteiger partial charge in [-0.15, -0.1) is 0 Å². The molecular weight excluding hydrogens is 410 g/mol. The van der Waals surface area contributed by atoms with Crippen LogP contribution in [0, 0.1) is 0 Å². The van der Waals surface area contributed by atoms with E-state index < -0.39 is 0 Å². The van der Waals surface area contributed by atoms with Crippen molar-refractivity contribution in [3.63, 3.8) is 0 Å². The van der Waals surface area contributed by atoms with E-state index in [1.54, 1.807) is 18.0 Å². The Labute approximate surface area is 186 Å². The number of nitrogens with zero attached hydrogens (tertiary/aromatic N) is 4. The van der Waals surface area contributed by atoms with Gasteiger partial charge in [0.25, 0.3) is 0 Å². The van der Waals surface area contributed by atoms with Gasteiger partial charge in [-0.1, -0.05) is 41.9 Å². The number of rotatable bonds is 7. The first kappa shape index (κ1) is 21.0. The summed E-state index contributed by atoms with van der Waals surface area (Å²) in [6.45, 7) is 5.45. The predicted molar refractivity (Wildman–Crippen MR) is 124 cm³/mol. The molecule has 4 aromatic rings. The van der Waals surface area contributed by atoms with Gasteiger partial charge in [0, 0.05) is 54.6 Å². The molecule has 0 radical (unpaired) electrons. The summed E-state index contributed by atoms with van der Waals surface area (Å²) in [4.78, 5) is 18.2. The summed E-state index contributed by atoms with van der Waals surface area (Å²) in [7, 11) is 0. The molecule has 158 valence electrons. The summed E-state index contributed by atoms with van der Waals surface area (Å²) in [5, 5.41) is 8.75. The first-order valence-electron chi connectivity index (χ1n) is 10.2. The number of carbonyl (C=O) groups excluding carboxylic acids is 1. The van der Waals surface area contributed by atoms with E-state index in [0.717, 1.165) is 38.7 Å². The van der Waals surface area contributed by atoms with Crippen molar-refractivity contribution in [1.82, 2.24) is 19.9 Å². The third-order valence-corrected chi connectivity index (χ3v) is 5.58. The van der Waals surface area contributed by atoms with Crippen molar-refractivity contribution in [1.29, 1.82) is 0 Å². The molecule has 2 aromatic carbocycles. The fourth-order valence-electron chi connectivity index (χ4n) is 3.68. The standard InChI is InChI=1S/C24H24ClN5O/c1-3-29(17(2)31)21-9-6-8-18(13-21)23-11-12-27-24-20(16-28-30(23)24)15-26-14-19-7-4-5-10-22(19)25/h4-13,16,26H,3,14-15H2,1-2H3. The predicted octanol–water partition coefficient (Wildman–Crippen LogP) is 4.71. The highest BCUT2D eigenvalue weighted by molar-refractivity contribution is 6.31. The quantitative estimate of drug-likeness (QED) is 0.458. The summed E-state index contributed by atoms with van der Waals surface area (Å²) in [5.41, 5.74) is 5.62. The third-order valence-electron chi connectivity index (χ3n) is 5.21. The average molecular weight is 434 g/mol. The smallest absolute Gasteiger partial charge is 0.223 e. The molecule has 1 N–H and O–H groups in total. The summed E-state index contributed by atoms with van der Waals surface area (Å²) in [6.07, 6.45) is 3.63. The maximum atomic E-state index is 11.9. The molecule has 0 aliphatic carbocycles. The molecular formula is C24H24ClN5O. The van der Waals surface area contributed by atoms with Gasteiger partial charge in [-0.2, -0.15) is 5.10 Å². The van der Waals surface area contributed by atoms with Gasteiger partial charge in [-0.3, -0.25) is 4.79 Å². The van der Waals surface area contributed by atoms with Crippen LogP contribution in [0.3, 0.4) is 0 Å². The zero-order valence-electron chi connectivity index (χ0n) is 17.5. The molecule has 4 rings (SSSR count). The molecule has 1 amide bonds. The Bertz CT molecular complexity index is 1220. The zero-order valence-corrected chi connectivity index (χ0v) is 18.3. The van der Waals surface area contributed by atoms with Crippen LogP contribution in [0.4, 0.5) is 5.69 Å². The maximum Gasteiger partial charge on any atom is 0.223 e. The third kappa shape index (κ3) is 4.45. The lowest BCUT2D eigenvalue weighted by molar-refractivity contribution is -0.116. The molecule has 0 aliphatic heterocycles. The van der Waals surface area contributed by atoms with Gasteiger partial charge in [-0.05, 0) is 36.8 Å². The van der Waals surface area contributed by atoms with Gasteiger partial charge in [0.2, 0.25) is 5.91 Å². The van der Waals surface area contributed by atoms with E-state index >= 15 is 0 Å². The molecule has 6 nitrogen and oxygen atoms in total. The zero-order chi connectivity index (χ0) is 21.8. The molecule has 0 saturated heterocycles. The van der Waals surface area contributed by atoms with Crippen molar-refractivity contribution < 1.29 is 4.79 Å². The van der Waals surface area contributed by atoms with E-state index in [2.05, 4.69) is 15.4 Å². The lowest BCUT2D eigenvalue weighted by Gasteiger charge is -2.19. The molecule has 0 atom stereocenters. The Kier molecular flexibility index (Phi) is 6.30. The van der Waals surface area contributed by atoms with Gasteiger partial charge in [0.15, 0.2) is 5.65 Å². The highest BCUT2D eigenvalue weighted by Gasteiger charge is 2.13. The number of halogens is 1. The van der Waals surface area contributed by atoms with Crippen molar-refractivity contribution >= 4 is 28.8 Å². The molecule has 0 saturated carbocycles. The summed E-state index contributed by atoms with van der Waals surface area (Å²) in [5.74, 6) is 0.0190. The minimum Gasteiger partial charge on any atom is -0.313 e. The normalized spacial score (nSPS) is 11.1. The Morgan fingerprint density at radius 1 is 1.10 bits per heavy atom. The van der Waals surface area contributed by atoms with E-state index in [4.69, 9.17) is 11.6 Å². The number of hydrogen-bond donors (Lipinski definition) is 1. The Morgan fingerprint density at radius 2 is 1.90 bits per heavy atom. The lowest BCUT2D eigenvalue weighted by Crippen LogP contribution is -2.27. The van der Waals surface area contributed by atoms with Crippen LogP contribution < -0.4 is 10.2 Å². The molecule has 0 unspecified atom stereocenters. The van der Waals surface area contributed by atoms with Crippen molar-refractivity contribution in [2.45, 2.75) is 26.9 Å². The van der Waals surface area contributed by atoms with Crippen LogP contribution in [0.15, 0.2) is 67.0 Å². The van der Waals surface area contributed by atoms with E-state index in [9.17, 15) is 4.79 Å². The van der Waals surface area contributed by atoms with Crippen molar-refractivity contribution in [2.24, 2.45) is 0 Å². The minimum absolute atomic E-state index is 0.0190. The highest BCUT2D eigenvalue weighted by atomic mass is 35.5. The molecule has 2 heterocycles. The largest absolute Gasteiger partial charge is 0.313 e. The van der Waals surface area contributed by atoms with Crippen LogP contribution in [0.5, 0.6) is 0 Å². The maximum absolute atomic E-state index is 11.9. The highest BCUT2D eigenvalue weighted by Crippen LogP contribution is 2.26. The van der Waals surface area contributed by atoms with E-state index in [-0.39, 0.29) is 5.91 Å². The molecule has 0 fully saturated rings. The van der Waals surface area contributed by atoms with Crippen LogP contribution >= 0.6 is 11.6 Å². The Balaban J connectivity index is 1.59. The number of anilines is 1. The summed E-state index contributed by atoms with van der Waals surface area (Å²) >= 11 is 6.24. The Hall–Kier alpha value is -3.22. The van der Waals surface area contributed by atoms with Crippen molar-refractivity contribution in [3.8, 4) is 11.3 Å². The van der Waals surface area contributed by atoms with Crippen LogP contribution in [-0.4, -0.2) is 27.0 Å². The summed E-state index contributed by atoms with van der Waals surface area (Å²) in [6, 6.07) is 17.7. The number of nitrogens with one attached hydrogen (secondary N) is 1. The molecule has 0 bridgehead atoms. The topological polar surface area (TPSA) is 62.5 Å². The van der Waals surface area contributed by atoms with Crippen LogP contribution in [0.2, 0.25) is 5.02 Å². The van der Waals surface area contributed by atoms with Gasteiger partial charge >= 0.3 is 0 Å². The van der Waals surface area contributed by atoms with Crippen LogP contribution in [0.25, 0.3) is 16.9 Å². The molecule has 0 spiro atoms. The van der Waals surface area contributed by atoms with Crippen molar-refractivity contribution in [2.75, 3.05) is 11.4 Å². The fourth-order valence-corrected chi connectivity index (χ4v) is 3.88. The number of hydrogen-bond acceptors (Lipinski definition) is 4. The number of benzene rings is 2. The molecule has 2 aromatic heterocycles. The lowest BCUT2D eigenvalue weighted by atomic mass is 10.1.